The Balaban J connectivity index is 1.48. The van der Waals surface area contributed by atoms with Crippen LogP contribution >= 0.6 is 0 Å². The molecule has 1 aliphatic carbocycles. The molecule has 0 atom stereocenters. The quantitative estimate of drug-likeness (QED) is 0.647. The highest BCUT2D eigenvalue weighted by Crippen LogP contribution is 2.44. The van der Waals surface area contributed by atoms with Crippen molar-refractivity contribution in [3.05, 3.63) is 54.0 Å². The normalized spacial score (nSPS) is 21.2. The van der Waals surface area contributed by atoms with E-state index in [-0.39, 0.29) is 25.1 Å². The summed E-state index contributed by atoms with van der Waals surface area (Å²) < 4.78 is 34.2. The summed E-state index contributed by atoms with van der Waals surface area (Å²) in [6, 6.07) is 11.9. The summed E-state index contributed by atoms with van der Waals surface area (Å²) in [5.74, 6) is -1.46. The van der Waals surface area contributed by atoms with E-state index in [1.807, 2.05) is 36.4 Å². The number of imidazole rings is 1. The molecule has 2 fully saturated rings. The maximum Gasteiger partial charge on any atom is 0.266 e. The van der Waals surface area contributed by atoms with Gasteiger partial charge >= 0.3 is 0 Å². The largest absolute Gasteiger partial charge is 0.368 e. The maximum absolute atomic E-state index is 14.0. The van der Waals surface area contributed by atoms with E-state index in [0.717, 1.165) is 47.3 Å². The third-order valence-electron chi connectivity index (χ3n) is 6.86. The van der Waals surface area contributed by atoms with Gasteiger partial charge in [-0.05, 0) is 36.5 Å². The molecule has 1 spiro atoms. The van der Waals surface area contributed by atoms with E-state index in [1.54, 1.807) is 11.1 Å². The fourth-order valence-corrected chi connectivity index (χ4v) is 5.00. The van der Waals surface area contributed by atoms with E-state index >= 15 is 0 Å². The molecule has 0 amide bonds. The molecule has 2 aliphatic heterocycles. The number of benzene rings is 1. The molecule has 3 aromatic rings. The summed E-state index contributed by atoms with van der Waals surface area (Å²) in [4.78, 5) is 14.6. The van der Waals surface area contributed by atoms with Crippen LogP contribution in [-0.2, 0) is 17.8 Å². The van der Waals surface area contributed by atoms with Crippen molar-refractivity contribution in [1.82, 2.24) is 15.0 Å². The number of aromatic nitrogens is 3. The van der Waals surface area contributed by atoms with Crippen LogP contribution < -0.4 is 4.90 Å². The molecule has 5 nitrogen and oxygen atoms in total. The number of anilines is 1. The Morgan fingerprint density at radius 3 is 2.61 bits per heavy atom. The number of hydrogen-bond donors (Lipinski definition) is 1. The van der Waals surface area contributed by atoms with Crippen LogP contribution in [0.1, 0.15) is 37.1 Å². The first-order valence-corrected chi connectivity index (χ1v) is 10.9. The van der Waals surface area contributed by atoms with Crippen molar-refractivity contribution in [3.63, 3.8) is 0 Å². The number of hydrogen-bond acceptors (Lipinski definition) is 4. The van der Waals surface area contributed by atoms with Gasteiger partial charge in [0.15, 0.2) is 0 Å². The second-order valence-electron chi connectivity index (χ2n) is 8.96. The number of alkyl halides is 2. The Hall–Kier alpha value is -2.80. The molecule has 0 unspecified atom stereocenters. The van der Waals surface area contributed by atoms with Gasteiger partial charge in [0.2, 0.25) is 0 Å². The average Bonchev–Trinajstić information content (AvgIpc) is 3.34. The molecule has 3 aliphatic rings. The predicted molar refractivity (Wildman–Crippen MR) is 114 cm³/mol. The second-order valence-corrected chi connectivity index (χ2v) is 8.96. The zero-order valence-corrected chi connectivity index (χ0v) is 17.2. The molecule has 31 heavy (non-hydrogen) atoms. The van der Waals surface area contributed by atoms with E-state index in [2.05, 4.69) is 9.97 Å². The fraction of sp³-hybridized carbons (Fsp3) is 0.417. The molecule has 7 heteroatoms. The summed E-state index contributed by atoms with van der Waals surface area (Å²) in [7, 11) is 0. The highest BCUT2D eigenvalue weighted by atomic mass is 19.3. The Bertz CT molecular complexity index is 1120. The third kappa shape index (κ3) is 3.22. The van der Waals surface area contributed by atoms with Gasteiger partial charge in [-0.25, -0.2) is 18.7 Å². The first kappa shape index (κ1) is 18.9. The van der Waals surface area contributed by atoms with Gasteiger partial charge < -0.3 is 14.6 Å². The summed E-state index contributed by atoms with van der Waals surface area (Å²) in [6.07, 6.45) is 5.69. The maximum atomic E-state index is 14.0. The molecule has 6 rings (SSSR count). The first-order chi connectivity index (χ1) is 15.0. The Morgan fingerprint density at radius 1 is 1.06 bits per heavy atom. The monoisotopic (exact) mass is 422 g/mol. The van der Waals surface area contributed by atoms with Gasteiger partial charge in [0.25, 0.3) is 5.92 Å². The topological polar surface area (TPSA) is 54.0 Å². The molecule has 0 bridgehead atoms. The molecular weight excluding hydrogens is 398 g/mol. The van der Waals surface area contributed by atoms with Crippen LogP contribution in [0, 0.1) is 0 Å². The molecule has 1 aromatic carbocycles. The minimum atomic E-state index is -2.70. The molecule has 160 valence electrons. The van der Waals surface area contributed by atoms with Crippen LogP contribution in [0.15, 0.2) is 42.6 Å². The lowest BCUT2D eigenvalue weighted by molar-refractivity contribution is -0.119. The Kier molecular flexibility index (Phi) is 4.18. The lowest BCUT2D eigenvalue weighted by atomic mass is 9.75. The van der Waals surface area contributed by atoms with E-state index in [0.29, 0.717) is 18.2 Å². The minimum Gasteiger partial charge on any atom is -0.368 e. The number of fused-ring (bicyclic) bond motifs is 1. The number of rotatable bonds is 3. The zero-order chi connectivity index (χ0) is 21.1. The highest BCUT2D eigenvalue weighted by molar-refractivity contribution is 5.88. The zero-order valence-electron chi connectivity index (χ0n) is 17.2. The minimum absolute atomic E-state index is 0.0590. The van der Waals surface area contributed by atoms with Crippen molar-refractivity contribution < 1.29 is 13.5 Å². The van der Waals surface area contributed by atoms with Gasteiger partial charge in [0.05, 0.1) is 35.7 Å². The fourth-order valence-electron chi connectivity index (χ4n) is 5.00. The van der Waals surface area contributed by atoms with Crippen molar-refractivity contribution in [2.45, 2.75) is 50.2 Å². The van der Waals surface area contributed by atoms with Gasteiger partial charge in [-0.3, -0.25) is 0 Å². The molecule has 4 heterocycles. The summed E-state index contributed by atoms with van der Waals surface area (Å²) in [6.45, 7) is 0.468. The molecule has 2 aromatic heterocycles. The van der Waals surface area contributed by atoms with E-state index in [4.69, 9.17) is 9.72 Å². The third-order valence-corrected chi connectivity index (χ3v) is 6.86. The number of nitrogens with zero attached hydrogens (tertiary/aromatic N) is 3. The molecule has 0 radical (unpaired) electrons. The number of H-pyrrole nitrogens is 1. The van der Waals surface area contributed by atoms with Crippen molar-refractivity contribution in [1.29, 1.82) is 0 Å². The lowest BCUT2D eigenvalue weighted by Gasteiger charge is -2.43. The summed E-state index contributed by atoms with van der Waals surface area (Å²) in [5.41, 5.74) is 4.67. The number of aromatic amines is 1. The van der Waals surface area contributed by atoms with Crippen LogP contribution in [0.4, 0.5) is 14.6 Å². The second kappa shape index (κ2) is 6.85. The smallest absolute Gasteiger partial charge is 0.266 e. The van der Waals surface area contributed by atoms with Crippen LogP contribution in [0.25, 0.3) is 22.5 Å². The lowest BCUT2D eigenvalue weighted by Crippen LogP contribution is -2.44. The van der Waals surface area contributed by atoms with Gasteiger partial charge in [-0.15, -0.1) is 0 Å². The van der Waals surface area contributed by atoms with E-state index in [9.17, 15) is 8.78 Å². The van der Waals surface area contributed by atoms with Crippen LogP contribution in [0.2, 0.25) is 0 Å². The van der Waals surface area contributed by atoms with Gasteiger partial charge in [-0.2, -0.15) is 0 Å². The predicted octanol–water partition coefficient (Wildman–Crippen LogP) is 4.98. The SMILES string of the molecule is FC1(F)CCN(c2nccc(-c3ccccc3)c2-c2nc3c([nH]2)COC2(CCC2)C3)C1. The van der Waals surface area contributed by atoms with Gasteiger partial charge in [0, 0.05) is 25.6 Å². The van der Waals surface area contributed by atoms with Crippen molar-refractivity contribution >= 4 is 5.82 Å². The number of pyridine rings is 1. The molecular formula is C24H24F2N4O. The van der Waals surface area contributed by atoms with Gasteiger partial charge in [0.1, 0.15) is 11.6 Å². The molecule has 1 saturated heterocycles. The van der Waals surface area contributed by atoms with Crippen LogP contribution in [0.3, 0.4) is 0 Å². The highest BCUT2D eigenvalue weighted by Gasteiger charge is 2.43. The van der Waals surface area contributed by atoms with Gasteiger partial charge in [-0.1, -0.05) is 30.3 Å². The Morgan fingerprint density at radius 2 is 1.90 bits per heavy atom. The van der Waals surface area contributed by atoms with Crippen LogP contribution in [-0.4, -0.2) is 39.6 Å². The van der Waals surface area contributed by atoms with E-state index < -0.39 is 5.92 Å². The first-order valence-electron chi connectivity index (χ1n) is 10.9. The van der Waals surface area contributed by atoms with Crippen LogP contribution in [0.5, 0.6) is 0 Å². The molecule has 1 saturated carbocycles. The number of nitrogens with one attached hydrogen (secondary N) is 1. The van der Waals surface area contributed by atoms with Crippen molar-refractivity contribution in [3.8, 4) is 22.5 Å². The number of ether oxygens (including phenoxy) is 1. The van der Waals surface area contributed by atoms with Crippen molar-refractivity contribution in [2.75, 3.05) is 18.0 Å². The summed E-state index contributed by atoms with van der Waals surface area (Å²) >= 11 is 0. The van der Waals surface area contributed by atoms with Crippen molar-refractivity contribution in [2.24, 2.45) is 0 Å². The number of halogens is 2. The van der Waals surface area contributed by atoms with E-state index in [1.165, 1.54) is 6.42 Å². The summed E-state index contributed by atoms with van der Waals surface area (Å²) in [5, 5.41) is 0. The Labute approximate surface area is 179 Å². The molecule has 1 N–H and O–H groups in total. The average molecular weight is 422 g/mol. The standard InChI is InChI=1S/C24H24F2N4O/c25-24(26)10-12-30(15-24)22-20(17(7-11-27-22)16-5-2-1-3-6-16)21-28-18-13-23(8-4-9-23)31-14-19(18)29-21/h1-3,5-7,11H,4,8-10,12-15H2,(H,28,29).